The Morgan fingerprint density at radius 3 is 2.22 bits per heavy atom. The van der Waals surface area contributed by atoms with E-state index in [2.05, 4.69) is 33.9 Å². The summed E-state index contributed by atoms with van der Waals surface area (Å²) in [6.45, 7) is 13.1. The number of halogens is 3. The normalized spacial score (nSPS) is 22.6. The molecular weight excluding hydrogens is 521 g/mol. The molecule has 0 saturated carbocycles. The van der Waals surface area contributed by atoms with Crippen LogP contribution in [0, 0.1) is 5.92 Å². The smallest absolute Gasteiger partial charge is 0.358 e. The van der Waals surface area contributed by atoms with Gasteiger partial charge in [-0.05, 0) is 32.0 Å². The molecule has 13 heteroatoms. The average molecular weight is 553 g/mol. The third kappa shape index (κ3) is 7.24. The fraction of sp³-hybridized carbons (Fsp3) is 0.789. The molecule has 0 aromatic carbocycles. The van der Waals surface area contributed by atoms with E-state index in [0.29, 0.717) is 0 Å². The lowest BCUT2D eigenvalue weighted by atomic mass is 9.92. The minimum absolute atomic E-state index is 0.0257. The number of ether oxygens (including phenoxy) is 1. The van der Waals surface area contributed by atoms with Crippen molar-refractivity contribution in [3.8, 4) is 0 Å². The van der Waals surface area contributed by atoms with Gasteiger partial charge in [-0.15, -0.1) is 23.2 Å². The average Bonchev–Trinajstić information content (AvgIpc) is 2.60. The number of amides is 1. The van der Waals surface area contributed by atoms with Gasteiger partial charge in [-0.25, -0.2) is 4.79 Å². The summed E-state index contributed by atoms with van der Waals surface area (Å²) in [6, 6.07) is 0. The summed E-state index contributed by atoms with van der Waals surface area (Å²) in [5.41, 5.74) is -1.38. The van der Waals surface area contributed by atoms with Gasteiger partial charge in [-0.2, -0.15) is 8.42 Å². The van der Waals surface area contributed by atoms with Crippen LogP contribution >= 0.6 is 34.8 Å². The third-order valence-electron chi connectivity index (χ3n) is 5.46. The van der Waals surface area contributed by atoms with E-state index in [1.807, 2.05) is 0 Å². The molecule has 1 aliphatic rings. The number of rotatable bonds is 10. The largest absolute Gasteiger partial charge is 0.459 e. The van der Waals surface area contributed by atoms with Crippen molar-refractivity contribution in [2.45, 2.75) is 69.7 Å². The van der Waals surface area contributed by atoms with Gasteiger partial charge in [0.05, 0.1) is 23.7 Å². The second-order valence-electron chi connectivity index (χ2n) is 9.23. The number of nitrogens with zero attached hydrogens (tertiary/aromatic N) is 1. The maximum absolute atomic E-state index is 13.0. The van der Waals surface area contributed by atoms with Crippen LogP contribution in [0.4, 0.5) is 0 Å². The van der Waals surface area contributed by atoms with Gasteiger partial charge in [0, 0.05) is 5.88 Å². The molecule has 1 fully saturated rings. The molecule has 1 unspecified atom stereocenters. The van der Waals surface area contributed by atoms with E-state index in [0.717, 1.165) is 11.2 Å². The van der Waals surface area contributed by atoms with E-state index in [9.17, 15) is 18.0 Å². The van der Waals surface area contributed by atoms with Gasteiger partial charge in [0.25, 0.3) is 0 Å². The molecular formula is C19H32Cl3NO7SSi. The molecule has 1 saturated heterocycles. The molecule has 0 aromatic heterocycles. The summed E-state index contributed by atoms with van der Waals surface area (Å²) in [6.07, 6.45) is 0.300. The van der Waals surface area contributed by atoms with Crippen LogP contribution in [-0.4, -0.2) is 69.2 Å². The molecule has 0 N–H and O–H groups in total. The lowest BCUT2D eigenvalue weighted by Gasteiger charge is -2.48. The van der Waals surface area contributed by atoms with Crippen molar-refractivity contribution in [1.82, 2.24) is 4.90 Å². The van der Waals surface area contributed by atoms with Crippen LogP contribution in [0.25, 0.3) is 0 Å². The lowest BCUT2D eigenvalue weighted by molar-refractivity contribution is -0.159. The Labute approximate surface area is 206 Å². The topological polar surface area (TPSA) is 99.2 Å². The zero-order valence-corrected chi connectivity index (χ0v) is 23.7. The number of hydrogen-bond donors (Lipinski definition) is 0. The first-order chi connectivity index (χ1) is 14.3. The van der Waals surface area contributed by atoms with Crippen LogP contribution in [-0.2, 0) is 33.1 Å². The van der Waals surface area contributed by atoms with Crippen molar-refractivity contribution < 1.29 is 31.4 Å². The Kier molecular flexibility index (Phi) is 9.98. The lowest BCUT2D eigenvalue weighted by Crippen LogP contribution is -2.63. The Hall–Kier alpha value is -0.523. The first-order valence-corrected chi connectivity index (χ1v) is 16.1. The van der Waals surface area contributed by atoms with Crippen molar-refractivity contribution in [3.05, 3.63) is 11.5 Å². The van der Waals surface area contributed by atoms with E-state index in [1.165, 1.54) is 6.92 Å². The minimum atomic E-state index is -3.97. The number of esters is 1. The Balaban J connectivity index is 3.19. The van der Waals surface area contributed by atoms with Gasteiger partial charge < -0.3 is 13.3 Å². The van der Waals surface area contributed by atoms with E-state index >= 15 is 0 Å². The molecule has 0 bridgehead atoms. The number of carbonyl (C=O) groups is 2. The van der Waals surface area contributed by atoms with Gasteiger partial charge in [-0.1, -0.05) is 32.4 Å². The van der Waals surface area contributed by atoms with Crippen LogP contribution in [0.15, 0.2) is 11.5 Å². The van der Waals surface area contributed by atoms with Crippen LogP contribution in [0.5, 0.6) is 0 Å². The monoisotopic (exact) mass is 551 g/mol. The molecule has 32 heavy (non-hydrogen) atoms. The highest BCUT2D eigenvalue weighted by atomic mass is 35.5. The predicted octanol–water partition coefficient (Wildman–Crippen LogP) is 4.02. The molecule has 0 spiro atoms. The van der Waals surface area contributed by atoms with Crippen molar-refractivity contribution in [1.29, 1.82) is 0 Å². The molecule has 0 radical (unpaired) electrons. The van der Waals surface area contributed by atoms with E-state index in [1.54, 1.807) is 6.92 Å². The van der Waals surface area contributed by atoms with Crippen molar-refractivity contribution in [3.63, 3.8) is 0 Å². The second-order valence-corrected chi connectivity index (χ2v) is 16.9. The van der Waals surface area contributed by atoms with E-state index < -0.39 is 58.9 Å². The number of carbonyl (C=O) groups excluding carboxylic acids is 2. The molecule has 8 nitrogen and oxygen atoms in total. The first kappa shape index (κ1) is 29.5. The quantitative estimate of drug-likeness (QED) is 0.0590. The summed E-state index contributed by atoms with van der Waals surface area (Å²) in [4.78, 5) is 26.7. The SMILES string of the molecule is CC(OS(C)(=O)=O)=C(C(=O)OCC(Cl)CCl)N1C(=O)[C@H]([C@@H](C)O[Si](C)(C)C(C)(C)C)[C@H]1Cl. The fourth-order valence-electron chi connectivity index (χ4n) is 2.81. The number of alkyl halides is 3. The molecule has 0 aliphatic carbocycles. The molecule has 1 heterocycles. The molecule has 0 aromatic rings. The molecule has 1 amide bonds. The Morgan fingerprint density at radius 2 is 1.81 bits per heavy atom. The summed E-state index contributed by atoms with van der Waals surface area (Å²) in [7, 11) is -6.16. The van der Waals surface area contributed by atoms with Crippen LogP contribution < -0.4 is 0 Å². The molecule has 1 aliphatic heterocycles. The van der Waals surface area contributed by atoms with Crippen LogP contribution in [0.3, 0.4) is 0 Å². The van der Waals surface area contributed by atoms with Gasteiger partial charge in [0.1, 0.15) is 17.9 Å². The third-order valence-corrected chi connectivity index (χ3v) is 11.9. The highest BCUT2D eigenvalue weighted by Crippen LogP contribution is 2.42. The number of allylic oxidation sites excluding steroid dienone is 1. The summed E-state index contributed by atoms with van der Waals surface area (Å²) in [5.74, 6) is -2.55. The summed E-state index contributed by atoms with van der Waals surface area (Å²) in [5, 5.41) is -0.743. The summed E-state index contributed by atoms with van der Waals surface area (Å²) >= 11 is 18.0. The zero-order valence-electron chi connectivity index (χ0n) is 19.6. The van der Waals surface area contributed by atoms with Gasteiger partial charge >= 0.3 is 16.1 Å². The van der Waals surface area contributed by atoms with Crippen LogP contribution in [0.2, 0.25) is 18.1 Å². The molecule has 186 valence electrons. The van der Waals surface area contributed by atoms with Crippen molar-refractivity contribution in [2.24, 2.45) is 5.92 Å². The van der Waals surface area contributed by atoms with Gasteiger partial charge in [-0.3, -0.25) is 9.69 Å². The molecule has 1 rings (SSSR count). The van der Waals surface area contributed by atoms with E-state index in [4.69, 9.17) is 48.1 Å². The van der Waals surface area contributed by atoms with Gasteiger partial charge in [0.15, 0.2) is 14.0 Å². The van der Waals surface area contributed by atoms with Crippen LogP contribution in [0.1, 0.15) is 34.6 Å². The maximum atomic E-state index is 13.0. The standard InChI is InChI=1S/C19H32Cl3NO7SSi/c1-11(30-32(7,8)19(3,4)5)14-16(22)23(17(14)24)15(12(2)29-31(6,26)27)18(25)28-10-13(21)9-20/h11,13-14,16H,9-10H2,1-8H3/t11-,13?,14-,16+/m1/s1. The first-order valence-electron chi connectivity index (χ1n) is 9.96. The number of β-lactam (4-membered cyclic amide) rings is 1. The van der Waals surface area contributed by atoms with E-state index in [-0.39, 0.29) is 23.3 Å². The Bertz CT molecular complexity index is 857. The molecule has 4 atom stereocenters. The Morgan fingerprint density at radius 1 is 1.28 bits per heavy atom. The fourth-order valence-corrected chi connectivity index (χ4v) is 5.43. The van der Waals surface area contributed by atoms with Gasteiger partial charge in [0.2, 0.25) is 5.91 Å². The zero-order chi connectivity index (χ0) is 25.2. The minimum Gasteiger partial charge on any atom is -0.459 e. The highest BCUT2D eigenvalue weighted by molar-refractivity contribution is 7.86. The number of likely N-dealkylation sites (tertiary alicyclic amines) is 1. The maximum Gasteiger partial charge on any atom is 0.358 e. The second kappa shape index (κ2) is 10.8. The predicted molar refractivity (Wildman–Crippen MR) is 128 cm³/mol. The van der Waals surface area contributed by atoms with Crippen molar-refractivity contribution in [2.75, 3.05) is 18.7 Å². The van der Waals surface area contributed by atoms with Crippen molar-refractivity contribution >= 4 is 65.1 Å². The highest BCUT2D eigenvalue weighted by Gasteiger charge is 2.55. The number of hydrogen-bond acceptors (Lipinski definition) is 7. The summed E-state index contributed by atoms with van der Waals surface area (Å²) < 4.78 is 39.4.